The number of para-hydroxylation sites is 1. The van der Waals surface area contributed by atoms with Gasteiger partial charge in [0.25, 0.3) is 11.8 Å². The van der Waals surface area contributed by atoms with Gasteiger partial charge in [0.1, 0.15) is 6.04 Å². The van der Waals surface area contributed by atoms with Gasteiger partial charge in [-0.05, 0) is 35.8 Å². The summed E-state index contributed by atoms with van der Waals surface area (Å²) in [4.78, 5) is 30.8. The van der Waals surface area contributed by atoms with E-state index >= 15 is 0 Å². The number of nitrogens with one attached hydrogen (secondary N) is 3. The molecule has 1 aromatic heterocycles. The molecule has 0 aliphatic rings. The molecule has 0 aliphatic carbocycles. The molecule has 2 amide bonds. The summed E-state index contributed by atoms with van der Waals surface area (Å²) in [6.07, 6.45) is 1.44. The van der Waals surface area contributed by atoms with E-state index in [0.29, 0.717) is 32.7 Å². The molecule has 8 nitrogen and oxygen atoms in total. The lowest BCUT2D eigenvalue weighted by Crippen LogP contribution is -2.54. The van der Waals surface area contributed by atoms with Crippen molar-refractivity contribution in [2.24, 2.45) is 5.92 Å². The Hall–Kier alpha value is -4.05. The number of hydrogen-bond acceptors (Lipinski definition) is 5. The second-order valence-electron chi connectivity index (χ2n) is 9.09. The predicted molar refractivity (Wildman–Crippen MR) is 154 cm³/mol. The van der Waals surface area contributed by atoms with Crippen LogP contribution in [-0.4, -0.2) is 31.3 Å². The number of hydrazine groups is 1. The molecule has 1 atom stereocenters. The molecule has 3 N–H and O–H groups in total. The smallest absolute Gasteiger partial charge is 0.270 e. The number of rotatable bonds is 8. The number of benzene rings is 3. The zero-order valence-electron chi connectivity index (χ0n) is 21.3. The lowest BCUT2D eigenvalue weighted by atomic mass is 10.0. The third-order valence-corrected chi connectivity index (χ3v) is 7.30. The van der Waals surface area contributed by atoms with Crippen LogP contribution in [0.25, 0.3) is 28.2 Å². The van der Waals surface area contributed by atoms with Crippen molar-refractivity contribution < 1.29 is 18.0 Å². The first-order valence-corrected chi connectivity index (χ1v) is 14.1. The number of aromatic nitrogens is 1. The molecule has 4 aromatic rings. The van der Waals surface area contributed by atoms with Crippen LogP contribution >= 0.6 is 11.6 Å². The molecule has 0 radical (unpaired) electrons. The lowest BCUT2D eigenvalue weighted by Gasteiger charge is -2.21. The number of sulfonamides is 1. The highest BCUT2D eigenvalue weighted by molar-refractivity contribution is 7.92. The lowest BCUT2D eigenvalue weighted by molar-refractivity contribution is -0.124. The van der Waals surface area contributed by atoms with Crippen LogP contribution in [0, 0.1) is 5.92 Å². The van der Waals surface area contributed by atoms with Gasteiger partial charge in [0.2, 0.25) is 10.0 Å². The van der Waals surface area contributed by atoms with Crippen molar-refractivity contribution in [3.05, 3.63) is 106 Å². The summed E-state index contributed by atoms with van der Waals surface area (Å²) < 4.78 is 27.7. The summed E-state index contributed by atoms with van der Waals surface area (Å²) >= 11 is 6.36. The number of carbonyl (C=O) groups is 2. The number of nitrogens with zero attached hydrogens (tertiary/aromatic N) is 1. The maximum Gasteiger partial charge on any atom is 0.270 e. The molecule has 39 heavy (non-hydrogen) atoms. The van der Waals surface area contributed by atoms with Crippen LogP contribution in [0.2, 0.25) is 5.02 Å². The SMILES string of the molecule is CC(C)[C@H](NS(=O)(=O)/C=C/c1ccccc1)C(=O)NNC(=O)c1cc(-c2ccccc2Cl)nc2ccccc12. The number of pyridine rings is 1. The van der Waals surface area contributed by atoms with Gasteiger partial charge in [-0.15, -0.1) is 0 Å². The van der Waals surface area contributed by atoms with Crippen molar-refractivity contribution in [1.82, 2.24) is 20.6 Å². The second-order valence-corrected chi connectivity index (χ2v) is 11.1. The van der Waals surface area contributed by atoms with E-state index in [1.165, 1.54) is 6.08 Å². The molecule has 0 saturated heterocycles. The van der Waals surface area contributed by atoms with E-state index in [0.717, 1.165) is 5.41 Å². The Morgan fingerprint density at radius 1 is 0.897 bits per heavy atom. The van der Waals surface area contributed by atoms with Crippen molar-refractivity contribution in [1.29, 1.82) is 0 Å². The molecule has 10 heteroatoms. The van der Waals surface area contributed by atoms with Crippen molar-refractivity contribution in [3.63, 3.8) is 0 Å². The van der Waals surface area contributed by atoms with E-state index in [1.807, 2.05) is 12.1 Å². The van der Waals surface area contributed by atoms with Crippen molar-refractivity contribution in [2.75, 3.05) is 0 Å². The number of hydrogen-bond donors (Lipinski definition) is 3. The van der Waals surface area contributed by atoms with E-state index in [-0.39, 0.29) is 5.56 Å². The van der Waals surface area contributed by atoms with E-state index < -0.39 is 33.8 Å². The Morgan fingerprint density at radius 2 is 1.56 bits per heavy atom. The summed E-state index contributed by atoms with van der Waals surface area (Å²) in [5.74, 6) is -1.71. The van der Waals surface area contributed by atoms with E-state index in [2.05, 4.69) is 20.6 Å². The number of amides is 2. The first-order chi connectivity index (χ1) is 18.6. The third-order valence-electron chi connectivity index (χ3n) is 5.89. The van der Waals surface area contributed by atoms with Crippen LogP contribution in [0.5, 0.6) is 0 Å². The molecule has 0 bridgehead atoms. The van der Waals surface area contributed by atoms with Crippen molar-refractivity contribution in [2.45, 2.75) is 19.9 Å². The Morgan fingerprint density at radius 3 is 2.28 bits per heavy atom. The molecule has 0 fully saturated rings. The fourth-order valence-corrected chi connectivity index (χ4v) is 5.26. The third kappa shape index (κ3) is 7.08. The van der Waals surface area contributed by atoms with Crippen LogP contribution in [0.15, 0.2) is 90.3 Å². The minimum Gasteiger partial charge on any atom is -0.271 e. The van der Waals surface area contributed by atoms with Gasteiger partial charge in [0.05, 0.1) is 16.8 Å². The Labute approximate surface area is 232 Å². The zero-order chi connectivity index (χ0) is 28.0. The average Bonchev–Trinajstić information content (AvgIpc) is 2.93. The normalized spacial score (nSPS) is 12.5. The summed E-state index contributed by atoms with van der Waals surface area (Å²) in [6, 6.07) is 23.6. The summed E-state index contributed by atoms with van der Waals surface area (Å²) in [6.45, 7) is 3.39. The average molecular weight is 563 g/mol. The maximum atomic E-state index is 13.2. The van der Waals surface area contributed by atoms with E-state index in [4.69, 9.17) is 11.6 Å². The minimum absolute atomic E-state index is 0.267. The van der Waals surface area contributed by atoms with Gasteiger partial charge in [-0.25, -0.2) is 13.4 Å². The monoisotopic (exact) mass is 562 g/mol. The highest BCUT2D eigenvalue weighted by atomic mass is 35.5. The van der Waals surface area contributed by atoms with Crippen LogP contribution in [0.1, 0.15) is 29.8 Å². The maximum absolute atomic E-state index is 13.2. The van der Waals surface area contributed by atoms with Gasteiger partial charge in [-0.3, -0.25) is 20.4 Å². The largest absolute Gasteiger partial charge is 0.271 e. The zero-order valence-corrected chi connectivity index (χ0v) is 22.8. The van der Waals surface area contributed by atoms with Crippen molar-refractivity contribution in [3.8, 4) is 11.3 Å². The molecule has 1 heterocycles. The fraction of sp³-hybridized carbons (Fsp3) is 0.138. The molecule has 0 unspecified atom stereocenters. The summed E-state index contributed by atoms with van der Waals surface area (Å²) in [7, 11) is -3.95. The Kier molecular flexibility index (Phi) is 8.75. The van der Waals surface area contributed by atoms with Gasteiger partial charge < -0.3 is 0 Å². The quantitative estimate of drug-likeness (QED) is 0.263. The van der Waals surface area contributed by atoms with Crippen LogP contribution in [-0.2, 0) is 14.8 Å². The van der Waals surface area contributed by atoms with Crippen LogP contribution in [0.3, 0.4) is 0 Å². The molecule has 200 valence electrons. The highest BCUT2D eigenvalue weighted by Crippen LogP contribution is 2.29. The first kappa shape index (κ1) is 28.0. The Balaban J connectivity index is 1.52. The van der Waals surface area contributed by atoms with Gasteiger partial charge in [0.15, 0.2) is 0 Å². The molecule has 0 saturated carbocycles. The predicted octanol–water partition coefficient (Wildman–Crippen LogP) is 4.93. The summed E-state index contributed by atoms with van der Waals surface area (Å²) in [5.41, 5.74) is 7.45. The number of carbonyl (C=O) groups excluding carboxylic acids is 2. The topological polar surface area (TPSA) is 117 Å². The molecular formula is C29H27ClN4O4S. The molecule has 4 rings (SSSR count). The molecule has 0 spiro atoms. The van der Waals surface area contributed by atoms with Gasteiger partial charge in [-0.2, -0.15) is 4.72 Å². The standard InChI is InChI=1S/C29H27ClN4O4S/c1-19(2)27(34-39(37,38)17-16-20-10-4-3-5-11-20)29(36)33-32-28(35)23-18-26(22-13-6-8-14-24(22)30)31-25-15-9-7-12-21(23)25/h3-19,27,34H,1-2H3,(H,32,35)(H,33,36)/b17-16+/t27-/m0/s1. The fourth-order valence-electron chi connectivity index (χ4n) is 3.87. The van der Waals surface area contributed by atoms with Crippen molar-refractivity contribution >= 4 is 50.4 Å². The molecule has 3 aromatic carbocycles. The van der Waals surface area contributed by atoms with Gasteiger partial charge >= 0.3 is 0 Å². The molecular weight excluding hydrogens is 536 g/mol. The number of halogens is 1. The van der Waals surface area contributed by atoms with Crippen LogP contribution < -0.4 is 15.6 Å². The number of fused-ring (bicyclic) bond motifs is 1. The Bertz CT molecular complexity index is 1640. The second kappa shape index (κ2) is 12.2. The van der Waals surface area contributed by atoms with E-state index in [1.54, 1.807) is 86.6 Å². The van der Waals surface area contributed by atoms with E-state index in [9.17, 15) is 18.0 Å². The highest BCUT2D eigenvalue weighted by Gasteiger charge is 2.27. The first-order valence-electron chi connectivity index (χ1n) is 12.1. The van der Waals surface area contributed by atoms with Crippen LogP contribution in [0.4, 0.5) is 0 Å². The van der Waals surface area contributed by atoms with Gasteiger partial charge in [0, 0.05) is 21.4 Å². The van der Waals surface area contributed by atoms with Gasteiger partial charge in [-0.1, -0.05) is 92.2 Å². The molecule has 0 aliphatic heterocycles. The minimum atomic E-state index is -3.95. The summed E-state index contributed by atoms with van der Waals surface area (Å²) in [5, 5.41) is 2.06.